The van der Waals surface area contributed by atoms with Crippen LogP contribution in [-0.2, 0) is 9.53 Å². The van der Waals surface area contributed by atoms with Gasteiger partial charge in [0, 0.05) is 0 Å². The molecule has 0 aliphatic heterocycles. The molecule has 0 spiro atoms. The molecule has 0 rings (SSSR count). The molecule has 2 nitrogen and oxygen atoms in total. The lowest BCUT2D eigenvalue weighted by atomic mass is 10.1. The Morgan fingerprint density at radius 2 is 2.00 bits per heavy atom. The smallest absolute Gasteiger partial charge is 0.326 e. The number of alkyl halides is 1. The SMILES string of the molecule is CCCOC(=O)C(C)(Cl)CCC. The number of rotatable bonds is 5. The predicted octanol–water partition coefficient (Wildman–Crippen LogP) is 2.74. The van der Waals surface area contributed by atoms with E-state index in [1.807, 2.05) is 13.8 Å². The van der Waals surface area contributed by atoms with Crippen LogP contribution in [0.5, 0.6) is 0 Å². The quantitative estimate of drug-likeness (QED) is 0.495. The first-order chi connectivity index (χ1) is 5.54. The lowest BCUT2D eigenvalue weighted by Crippen LogP contribution is -2.30. The summed E-state index contributed by atoms with van der Waals surface area (Å²) in [6.07, 6.45) is 2.39. The molecule has 0 radical (unpaired) electrons. The number of carbonyl (C=O) groups is 1. The number of ether oxygens (including phenoxy) is 1. The minimum atomic E-state index is -0.829. The summed E-state index contributed by atoms with van der Waals surface area (Å²) >= 11 is 5.95. The molecule has 0 aliphatic rings. The van der Waals surface area contributed by atoms with Crippen LogP contribution in [0.3, 0.4) is 0 Å². The van der Waals surface area contributed by atoms with Gasteiger partial charge >= 0.3 is 5.97 Å². The van der Waals surface area contributed by atoms with Gasteiger partial charge in [0.1, 0.15) is 4.87 Å². The summed E-state index contributed by atoms with van der Waals surface area (Å²) in [5, 5.41) is 0. The van der Waals surface area contributed by atoms with Crippen LogP contribution in [0.2, 0.25) is 0 Å². The maximum Gasteiger partial charge on any atom is 0.326 e. The van der Waals surface area contributed by atoms with Crippen molar-refractivity contribution in [3.8, 4) is 0 Å². The molecule has 0 saturated heterocycles. The Morgan fingerprint density at radius 1 is 1.42 bits per heavy atom. The lowest BCUT2D eigenvalue weighted by Gasteiger charge is -2.18. The Balaban J connectivity index is 3.88. The fraction of sp³-hybridized carbons (Fsp3) is 0.889. The summed E-state index contributed by atoms with van der Waals surface area (Å²) in [4.78, 5) is 10.4. The number of carbonyl (C=O) groups excluding carboxylic acids is 1. The molecule has 12 heavy (non-hydrogen) atoms. The van der Waals surface area contributed by atoms with Crippen molar-refractivity contribution >= 4 is 17.6 Å². The zero-order chi connectivity index (χ0) is 9.61. The zero-order valence-corrected chi connectivity index (χ0v) is 8.78. The van der Waals surface area contributed by atoms with Crippen molar-refractivity contribution in [3.05, 3.63) is 0 Å². The topological polar surface area (TPSA) is 26.3 Å². The molecule has 0 aliphatic carbocycles. The largest absolute Gasteiger partial charge is 0.464 e. The molecule has 0 aromatic heterocycles. The molecule has 0 bridgehead atoms. The van der Waals surface area contributed by atoms with Crippen LogP contribution in [-0.4, -0.2) is 17.5 Å². The Morgan fingerprint density at radius 3 is 2.42 bits per heavy atom. The van der Waals surface area contributed by atoms with Crippen LogP contribution < -0.4 is 0 Å². The fourth-order valence-electron chi connectivity index (χ4n) is 0.917. The molecule has 0 aromatic rings. The van der Waals surface area contributed by atoms with Gasteiger partial charge in [-0.25, -0.2) is 0 Å². The first-order valence-corrected chi connectivity index (χ1v) is 4.78. The van der Waals surface area contributed by atoms with Gasteiger partial charge in [0.05, 0.1) is 6.61 Å². The van der Waals surface area contributed by atoms with E-state index in [2.05, 4.69) is 0 Å². The van der Waals surface area contributed by atoms with Crippen molar-refractivity contribution in [3.63, 3.8) is 0 Å². The first-order valence-electron chi connectivity index (χ1n) is 4.40. The van der Waals surface area contributed by atoms with Crippen molar-refractivity contribution in [1.29, 1.82) is 0 Å². The number of hydrogen-bond donors (Lipinski definition) is 0. The fourth-order valence-corrected chi connectivity index (χ4v) is 1.16. The zero-order valence-electron chi connectivity index (χ0n) is 8.02. The Bertz CT molecular complexity index is 143. The average molecular weight is 193 g/mol. The third kappa shape index (κ3) is 3.96. The molecule has 0 N–H and O–H groups in total. The van der Waals surface area contributed by atoms with Crippen molar-refractivity contribution in [2.45, 2.75) is 44.9 Å². The van der Waals surface area contributed by atoms with Gasteiger partial charge < -0.3 is 4.74 Å². The van der Waals surface area contributed by atoms with Gasteiger partial charge in [-0.1, -0.05) is 20.3 Å². The van der Waals surface area contributed by atoms with E-state index in [-0.39, 0.29) is 5.97 Å². The maximum atomic E-state index is 11.3. The summed E-state index contributed by atoms with van der Waals surface area (Å²) in [6, 6.07) is 0. The van der Waals surface area contributed by atoms with Crippen LogP contribution in [0.4, 0.5) is 0 Å². The van der Waals surface area contributed by atoms with E-state index in [1.165, 1.54) is 0 Å². The second-order valence-corrected chi connectivity index (χ2v) is 3.92. The number of hydrogen-bond acceptors (Lipinski definition) is 2. The van der Waals surface area contributed by atoms with Crippen molar-refractivity contribution in [2.24, 2.45) is 0 Å². The highest BCUT2D eigenvalue weighted by Crippen LogP contribution is 2.22. The molecule has 1 unspecified atom stereocenters. The van der Waals surface area contributed by atoms with E-state index < -0.39 is 4.87 Å². The van der Waals surface area contributed by atoms with Gasteiger partial charge in [0.25, 0.3) is 0 Å². The highest BCUT2D eigenvalue weighted by Gasteiger charge is 2.30. The summed E-state index contributed by atoms with van der Waals surface area (Å²) in [5.74, 6) is -0.298. The van der Waals surface area contributed by atoms with E-state index in [4.69, 9.17) is 16.3 Å². The van der Waals surface area contributed by atoms with E-state index in [9.17, 15) is 4.79 Å². The van der Waals surface area contributed by atoms with Crippen molar-refractivity contribution < 1.29 is 9.53 Å². The van der Waals surface area contributed by atoms with E-state index in [1.54, 1.807) is 6.92 Å². The normalized spacial score (nSPS) is 15.3. The molecule has 0 saturated carbocycles. The summed E-state index contributed by atoms with van der Waals surface area (Å²) < 4.78 is 4.94. The maximum absolute atomic E-state index is 11.3. The van der Waals surface area contributed by atoms with Gasteiger partial charge in [-0.05, 0) is 19.8 Å². The van der Waals surface area contributed by atoms with Gasteiger partial charge in [-0.2, -0.15) is 0 Å². The monoisotopic (exact) mass is 192 g/mol. The van der Waals surface area contributed by atoms with Gasteiger partial charge in [0.2, 0.25) is 0 Å². The second kappa shape index (κ2) is 5.41. The van der Waals surface area contributed by atoms with Crippen LogP contribution in [0, 0.1) is 0 Å². The highest BCUT2D eigenvalue weighted by atomic mass is 35.5. The number of esters is 1. The minimum Gasteiger partial charge on any atom is -0.464 e. The third-order valence-corrected chi connectivity index (χ3v) is 1.93. The van der Waals surface area contributed by atoms with E-state index >= 15 is 0 Å². The molecule has 0 amide bonds. The minimum absolute atomic E-state index is 0.298. The van der Waals surface area contributed by atoms with Gasteiger partial charge in [-0.3, -0.25) is 4.79 Å². The Kier molecular flexibility index (Phi) is 5.31. The molecule has 1 atom stereocenters. The van der Waals surface area contributed by atoms with E-state index in [0.29, 0.717) is 13.0 Å². The summed E-state index contributed by atoms with van der Waals surface area (Å²) in [7, 11) is 0. The third-order valence-electron chi connectivity index (χ3n) is 1.58. The van der Waals surface area contributed by atoms with Crippen molar-refractivity contribution in [1.82, 2.24) is 0 Å². The van der Waals surface area contributed by atoms with Crippen molar-refractivity contribution in [2.75, 3.05) is 6.61 Å². The lowest BCUT2D eigenvalue weighted by molar-refractivity contribution is -0.146. The van der Waals surface area contributed by atoms with Gasteiger partial charge in [-0.15, -0.1) is 11.6 Å². The summed E-state index contributed by atoms with van der Waals surface area (Å²) in [5.41, 5.74) is 0. The molecule has 0 aromatic carbocycles. The Hall–Kier alpha value is -0.240. The molecular weight excluding hydrogens is 176 g/mol. The molecule has 3 heteroatoms. The predicted molar refractivity (Wildman–Crippen MR) is 50.4 cm³/mol. The van der Waals surface area contributed by atoms with Crippen LogP contribution in [0.25, 0.3) is 0 Å². The number of halogens is 1. The van der Waals surface area contributed by atoms with Gasteiger partial charge in [0.15, 0.2) is 0 Å². The molecule has 72 valence electrons. The van der Waals surface area contributed by atoms with Crippen LogP contribution in [0.15, 0.2) is 0 Å². The van der Waals surface area contributed by atoms with E-state index in [0.717, 1.165) is 12.8 Å². The standard InChI is InChI=1S/C9H17ClO2/c1-4-6-9(3,10)8(11)12-7-5-2/h4-7H2,1-3H3. The Labute approximate surface area is 79.2 Å². The molecule has 0 fully saturated rings. The van der Waals surface area contributed by atoms with Crippen LogP contribution in [0.1, 0.15) is 40.0 Å². The summed E-state index contributed by atoms with van der Waals surface area (Å²) in [6.45, 7) is 6.12. The molecule has 0 heterocycles. The first kappa shape index (κ1) is 11.8. The van der Waals surface area contributed by atoms with Crippen LogP contribution >= 0.6 is 11.6 Å². The molecular formula is C9H17ClO2. The second-order valence-electron chi connectivity index (χ2n) is 3.08. The average Bonchev–Trinajstić information content (AvgIpc) is 2.00. The highest BCUT2D eigenvalue weighted by molar-refractivity contribution is 6.33.